The Morgan fingerprint density at radius 3 is 2.88 bits per heavy atom. The van der Waals surface area contributed by atoms with Gasteiger partial charge < -0.3 is 10.8 Å². The molecule has 1 saturated heterocycles. The number of hydrogen-bond acceptors (Lipinski definition) is 3. The predicted octanol–water partition coefficient (Wildman–Crippen LogP) is 0.491. The van der Waals surface area contributed by atoms with Gasteiger partial charge in [-0.1, -0.05) is 6.07 Å². The maximum atomic E-state index is 13.7. The van der Waals surface area contributed by atoms with Gasteiger partial charge in [0.15, 0.2) is 0 Å². The van der Waals surface area contributed by atoms with Gasteiger partial charge in [0.05, 0.1) is 6.10 Å². The molecule has 0 bridgehead atoms. The van der Waals surface area contributed by atoms with Gasteiger partial charge in [-0.05, 0) is 18.6 Å². The standard InChI is InChI=1S/C12H15FN2O2/c13-11-5-8(12(14)17)1-2-9(11)6-15-4-3-10(16)7-15/h1-2,5,10,16H,3-4,6-7H2,(H2,14,17)/t10-/m1/s1. The second-order valence-corrected chi connectivity index (χ2v) is 4.35. The summed E-state index contributed by atoms with van der Waals surface area (Å²) < 4.78 is 13.7. The van der Waals surface area contributed by atoms with Crippen molar-refractivity contribution < 1.29 is 14.3 Å². The van der Waals surface area contributed by atoms with E-state index in [1.165, 1.54) is 6.07 Å². The van der Waals surface area contributed by atoms with Gasteiger partial charge in [0.1, 0.15) is 5.82 Å². The lowest BCUT2D eigenvalue weighted by Crippen LogP contribution is -2.22. The first kappa shape index (κ1) is 12.0. The van der Waals surface area contributed by atoms with Crippen LogP contribution in [0.25, 0.3) is 0 Å². The van der Waals surface area contributed by atoms with E-state index in [-0.39, 0.29) is 11.7 Å². The number of carbonyl (C=O) groups excluding carboxylic acids is 1. The number of halogens is 1. The molecule has 1 aliphatic heterocycles. The monoisotopic (exact) mass is 238 g/mol. The molecule has 1 atom stereocenters. The maximum Gasteiger partial charge on any atom is 0.248 e. The van der Waals surface area contributed by atoms with E-state index in [9.17, 15) is 14.3 Å². The topological polar surface area (TPSA) is 66.6 Å². The third kappa shape index (κ3) is 2.81. The van der Waals surface area contributed by atoms with E-state index >= 15 is 0 Å². The summed E-state index contributed by atoms with van der Waals surface area (Å²) in [7, 11) is 0. The summed E-state index contributed by atoms with van der Waals surface area (Å²) in [5.74, 6) is -1.06. The highest BCUT2D eigenvalue weighted by molar-refractivity contribution is 5.92. The molecule has 1 fully saturated rings. The van der Waals surface area contributed by atoms with E-state index in [4.69, 9.17) is 5.73 Å². The number of carbonyl (C=O) groups is 1. The highest BCUT2D eigenvalue weighted by atomic mass is 19.1. The SMILES string of the molecule is NC(=O)c1ccc(CN2CC[C@@H](O)C2)c(F)c1. The van der Waals surface area contributed by atoms with E-state index in [0.717, 1.165) is 19.0 Å². The molecule has 1 amide bonds. The molecule has 3 N–H and O–H groups in total. The van der Waals surface area contributed by atoms with Crippen LogP contribution < -0.4 is 5.73 Å². The lowest BCUT2D eigenvalue weighted by atomic mass is 10.1. The number of likely N-dealkylation sites (tertiary alicyclic amines) is 1. The van der Waals surface area contributed by atoms with E-state index in [0.29, 0.717) is 18.7 Å². The van der Waals surface area contributed by atoms with Crippen LogP contribution in [0.2, 0.25) is 0 Å². The van der Waals surface area contributed by atoms with Crippen molar-refractivity contribution in [2.45, 2.75) is 19.1 Å². The fourth-order valence-electron chi connectivity index (χ4n) is 2.03. The average Bonchev–Trinajstić information content (AvgIpc) is 2.67. The van der Waals surface area contributed by atoms with Crippen LogP contribution in [0.4, 0.5) is 4.39 Å². The second-order valence-electron chi connectivity index (χ2n) is 4.35. The number of rotatable bonds is 3. The Bertz CT molecular complexity index is 437. The maximum absolute atomic E-state index is 13.7. The summed E-state index contributed by atoms with van der Waals surface area (Å²) in [6.07, 6.45) is 0.406. The van der Waals surface area contributed by atoms with Crippen molar-refractivity contribution in [2.75, 3.05) is 13.1 Å². The van der Waals surface area contributed by atoms with Crippen LogP contribution in [0, 0.1) is 5.82 Å². The largest absolute Gasteiger partial charge is 0.392 e. The number of nitrogens with two attached hydrogens (primary N) is 1. The molecule has 0 unspecified atom stereocenters. The van der Waals surface area contributed by atoms with Crippen molar-refractivity contribution in [3.05, 3.63) is 35.1 Å². The van der Waals surface area contributed by atoms with Crippen molar-refractivity contribution in [2.24, 2.45) is 5.73 Å². The number of nitrogens with zero attached hydrogens (tertiary/aromatic N) is 1. The van der Waals surface area contributed by atoms with Gasteiger partial charge in [-0.2, -0.15) is 0 Å². The number of β-amino-alcohol motifs (C(OH)–C–C–N with tert-alkyl or cyclic N) is 1. The minimum Gasteiger partial charge on any atom is -0.392 e. The predicted molar refractivity (Wildman–Crippen MR) is 60.8 cm³/mol. The van der Waals surface area contributed by atoms with Crippen molar-refractivity contribution >= 4 is 5.91 Å². The third-order valence-corrected chi connectivity index (χ3v) is 2.98. The first-order valence-corrected chi connectivity index (χ1v) is 5.55. The Morgan fingerprint density at radius 1 is 1.59 bits per heavy atom. The van der Waals surface area contributed by atoms with Crippen LogP contribution in [0.5, 0.6) is 0 Å². The Balaban J connectivity index is 2.09. The normalized spacial score (nSPS) is 20.7. The summed E-state index contributed by atoms with van der Waals surface area (Å²) in [6.45, 7) is 1.77. The van der Waals surface area contributed by atoms with Crippen molar-refractivity contribution in [3.8, 4) is 0 Å². The second kappa shape index (κ2) is 4.81. The van der Waals surface area contributed by atoms with E-state index in [1.54, 1.807) is 6.07 Å². The number of aliphatic hydroxyl groups is 1. The zero-order valence-corrected chi connectivity index (χ0v) is 9.40. The molecule has 1 heterocycles. The third-order valence-electron chi connectivity index (χ3n) is 2.98. The van der Waals surface area contributed by atoms with Gasteiger partial charge in [0, 0.05) is 30.8 Å². The van der Waals surface area contributed by atoms with Gasteiger partial charge in [-0.25, -0.2) is 4.39 Å². The van der Waals surface area contributed by atoms with Crippen LogP contribution in [0.1, 0.15) is 22.3 Å². The quantitative estimate of drug-likeness (QED) is 0.805. The molecule has 0 saturated carbocycles. The van der Waals surface area contributed by atoms with Crippen LogP contribution in [0.15, 0.2) is 18.2 Å². The Morgan fingerprint density at radius 2 is 2.35 bits per heavy atom. The highest BCUT2D eigenvalue weighted by Gasteiger charge is 2.21. The molecule has 1 aromatic carbocycles. The summed E-state index contributed by atoms with van der Waals surface area (Å²) in [5, 5.41) is 9.37. The minimum atomic E-state index is -0.632. The van der Waals surface area contributed by atoms with Gasteiger partial charge in [-0.3, -0.25) is 9.69 Å². The first-order chi connectivity index (χ1) is 8.06. The fraction of sp³-hybridized carbons (Fsp3) is 0.417. The molecule has 1 aliphatic rings. The Labute approximate surface area is 98.8 Å². The molecule has 92 valence electrons. The molecule has 0 aliphatic carbocycles. The number of hydrogen-bond donors (Lipinski definition) is 2. The van der Waals surface area contributed by atoms with Crippen molar-refractivity contribution in [1.29, 1.82) is 0 Å². The molecule has 5 heteroatoms. The number of aliphatic hydroxyl groups excluding tert-OH is 1. The number of benzene rings is 1. The molecular weight excluding hydrogens is 223 g/mol. The molecule has 0 spiro atoms. The zero-order valence-electron chi connectivity index (χ0n) is 9.40. The van der Waals surface area contributed by atoms with Crippen LogP contribution in [0.3, 0.4) is 0 Å². The number of amides is 1. The molecule has 2 rings (SSSR count). The fourth-order valence-corrected chi connectivity index (χ4v) is 2.03. The Hall–Kier alpha value is -1.46. The van der Waals surface area contributed by atoms with E-state index < -0.39 is 11.7 Å². The van der Waals surface area contributed by atoms with E-state index in [1.807, 2.05) is 4.90 Å². The first-order valence-electron chi connectivity index (χ1n) is 5.55. The lowest BCUT2D eigenvalue weighted by Gasteiger charge is -2.15. The Kier molecular flexibility index (Phi) is 3.40. The summed E-state index contributed by atoms with van der Waals surface area (Å²) in [4.78, 5) is 12.8. The molecule has 0 radical (unpaired) electrons. The average molecular weight is 238 g/mol. The summed E-state index contributed by atoms with van der Waals surface area (Å²) >= 11 is 0. The molecular formula is C12H15FN2O2. The van der Waals surface area contributed by atoms with Crippen LogP contribution in [-0.4, -0.2) is 35.1 Å². The van der Waals surface area contributed by atoms with Gasteiger partial charge in [0.2, 0.25) is 5.91 Å². The smallest absolute Gasteiger partial charge is 0.248 e. The van der Waals surface area contributed by atoms with Crippen molar-refractivity contribution in [3.63, 3.8) is 0 Å². The van der Waals surface area contributed by atoms with Crippen LogP contribution >= 0.6 is 0 Å². The lowest BCUT2D eigenvalue weighted by molar-refractivity contribution is 0.1000. The molecule has 17 heavy (non-hydrogen) atoms. The van der Waals surface area contributed by atoms with Gasteiger partial charge >= 0.3 is 0 Å². The molecule has 4 nitrogen and oxygen atoms in total. The van der Waals surface area contributed by atoms with Crippen LogP contribution in [-0.2, 0) is 6.54 Å². The van der Waals surface area contributed by atoms with Gasteiger partial charge in [0.25, 0.3) is 0 Å². The van der Waals surface area contributed by atoms with E-state index in [2.05, 4.69) is 0 Å². The minimum absolute atomic E-state index is 0.174. The number of primary amides is 1. The molecule has 1 aromatic rings. The summed E-state index contributed by atoms with van der Waals surface area (Å²) in [5.41, 5.74) is 5.76. The highest BCUT2D eigenvalue weighted by Crippen LogP contribution is 2.16. The van der Waals surface area contributed by atoms with Gasteiger partial charge in [-0.15, -0.1) is 0 Å². The van der Waals surface area contributed by atoms with Crippen molar-refractivity contribution in [1.82, 2.24) is 4.90 Å². The summed E-state index contributed by atoms with van der Waals surface area (Å²) in [6, 6.07) is 4.25. The zero-order chi connectivity index (χ0) is 12.4. The molecule has 0 aromatic heterocycles.